The van der Waals surface area contributed by atoms with Crippen molar-refractivity contribution >= 4 is 53.7 Å². The zero-order chi connectivity index (χ0) is 17.3. The van der Waals surface area contributed by atoms with Crippen LogP contribution in [0.15, 0.2) is 78.9 Å². The Hall–Kier alpha value is -2.90. The van der Waals surface area contributed by atoms with Crippen LogP contribution in [0.2, 0.25) is 0 Å². The van der Waals surface area contributed by atoms with Crippen molar-refractivity contribution in [2.75, 3.05) is 0 Å². The van der Waals surface area contributed by atoms with E-state index in [0.29, 0.717) is 0 Å². The van der Waals surface area contributed by atoms with E-state index in [1.165, 1.54) is 58.4 Å². The predicted molar refractivity (Wildman–Crippen MR) is 116 cm³/mol. The van der Waals surface area contributed by atoms with Crippen molar-refractivity contribution in [2.24, 2.45) is 0 Å². The molecular weight excluding hydrogens is 332 g/mol. The lowest BCUT2D eigenvalue weighted by Crippen LogP contribution is -1.87. The first-order valence-corrected chi connectivity index (χ1v) is 9.77. The Morgan fingerprint density at radius 3 is 2.15 bits per heavy atom. The van der Waals surface area contributed by atoms with Gasteiger partial charge in [0.05, 0.1) is 0 Å². The molecule has 0 atom stereocenters. The van der Waals surface area contributed by atoms with E-state index in [2.05, 4.69) is 85.8 Å². The lowest BCUT2D eigenvalue weighted by Gasteiger charge is -2.14. The van der Waals surface area contributed by atoms with Gasteiger partial charge in [0, 0.05) is 9.58 Å². The van der Waals surface area contributed by atoms with Gasteiger partial charge < -0.3 is 0 Å². The fraction of sp³-hybridized carbons (Fsp3) is 0.0400. The molecule has 6 rings (SSSR count). The van der Waals surface area contributed by atoms with E-state index in [0.717, 1.165) is 0 Å². The van der Waals surface area contributed by atoms with Crippen molar-refractivity contribution < 1.29 is 0 Å². The van der Waals surface area contributed by atoms with Crippen molar-refractivity contribution in [3.63, 3.8) is 0 Å². The quantitative estimate of drug-likeness (QED) is 0.266. The fourth-order valence-electron chi connectivity index (χ4n) is 4.28. The third kappa shape index (κ3) is 1.84. The van der Waals surface area contributed by atoms with Gasteiger partial charge >= 0.3 is 0 Å². The maximum atomic E-state index is 2.33. The van der Waals surface area contributed by atoms with E-state index in [-0.39, 0.29) is 0 Å². The monoisotopic (exact) mass is 348 g/mol. The summed E-state index contributed by atoms with van der Waals surface area (Å²) < 4.78 is 1.35. The number of benzene rings is 5. The van der Waals surface area contributed by atoms with Crippen LogP contribution in [-0.2, 0) is 0 Å². The Labute approximate surface area is 155 Å². The first-order chi connectivity index (χ1) is 12.8. The molecule has 5 aromatic carbocycles. The summed E-state index contributed by atoms with van der Waals surface area (Å²) in [5.41, 5.74) is 2.69. The number of hydrogen-bond donors (Lipinski definition) is 0. The van der Waals surface area contributed by atoms with Crippen LogP contribution in [0, 0.1) is 6.92 Å². The van der Waals surface area contributed by atoms with Crippen LogP contribution >= 0.6 is 11.3 Å². The highest BCUT2D eigenvalue weighted by Crippen LogP contribution is 2.42. The normalized spacial score (nSPS) is 12.0. The SMILES string of the molecule is Cc1ccc2ccc3c(-c4cc5ccccc5s4)ccc4ccc1c2c43. The summed E-state index contributed by atoms with van der Waals surface area (Å²) >= 11 is 1.88. The zero-order valence-corrected chi connectivity index (χ0v) is 15.2. The Bertz CT molecular complexity index is 1400. The second-order valence-electron chi connectivity index (χ2n) is 7.07. The van der Waals surface area contributed by atoms with Crippen LogP contribution in [0.4, 0.5) is 0 Å². The van der Waals surface area contributed by atoms with Gasteiger partial charge in [-0.15, -0.1) is 11.3 Å². The first kappa shape index (κ1) is 14.3. The molecule has 0 amide bonds. The lowest BCUT2D eigenvalue weighted by atomic mass is 9.90. The van der Waals surface area contributed by atoms with Crippen molar-refractivity contribution in [3.8, 4) is 10.4 Å². The third-order valence-electron chi connectivity index (χ3n) is 5.57. The lowest BCUT2D eigenvalue weighted by molar-refractivity contribution is 1.55. The minimum absolute atomic E-state index is 1.33. The van der Waals surface area contributed by atoms with Gasteiger partial charge in [0.1, 0.15) is 0 Å². The molecule has 1 aromatic heterocycles. The summed E-state index contributed by atoms with van der Waals surface area (Å²) in [5, 5.41) is 9.52. The molecule has 1 heterocycles. The smallest absolute Gasteiger partial charge is 0.0361 e. The van der Waals surface area contributed by atoms with Gasteiger partial charge in [-0.2, -0.15) is 0 Å². The molecule has 0 nitrogen and oxygen atoms in total. The summed E-state index contributed by atoms with van der Waals surface area (Å²) in [7, 11) is 0. The minimum Gasteiger partial charge on any atom is -0.135 e. The van der Waals surface area contributed by atoms with E-state index >= 15 is 0 Å². The van der Waals surface area contributed by atoms with E-state index in [1.54, 1.807) is 0 Å². The van der Waals surface area contributed by atoms with Gasteiger partial charge in [-0.3, -0.25) is 0 Å². The highest BCUT2D eigenvalue weighted by molar-refractivity contribution is 7.22. The predicted octanol–water partition coefficient (Wildman–Crippen LogP) is 7.77. The largest absolute Gasteiger partial charge is 0.135 e. The van der Waals surface area contributed by atoms with E-state index in [4.69, 9.17) is 0 Å². The molecular formula is C25H16S. The molecule has 0 aliphatic carbocycles. The minimum atomic E-state index is 1.33. The molecule has 0 aliphatic heterocycles. The third-order valence-corrected chi connectivity index (χ3v) is 6.72. The number of fused-ring (bicyclic) bond motifs is 1. The fourth-order valence-corrected chi connectivity index (χ4v) is 5.38. The maximum absolute atomic E-state index is 2.33. The molecule has 0 saturated heterocycles. The highest BCUT2D eigenvalue weighted by atomic mass is 32.1. The van der Waals surface area contributed by atoms with Gasteiger partial charge in [-0.25, -0.2) is 0 Å². The van der Waals surface area contributed by atoms with E-state index in [1.807, 2.05) is 11.3 Å². The molecule has 6 aromatic rings. The van der Waals surface area contributed by atoms with E-state index in [9.17, 15) is 0 Å². The first-order valence-electron chi connectivity index (χ1n) is 8.96. The Kier molecular flexibility index (Phi) is 2.78. The molecule has 0 saturated carbocycles. The molecule has 0 aliphatic rings. The molecule has 122 valence electrons. The number of rotatable bonds is 1. The van der Waals surface area contributed by atoms with Crippen molar-refractivity contribution in [1.82, 2.24) is 0 Å². The van der Waals surface area contributed by atoms with Crippen LogP contribution in [0.1, 0.15) is 5.56 Å². The van der Waals surface area contributed by atoms with Gasteiger partial charge in [0.25, 0.3) is 0 Å². The summed E-state index contributed by atoms with van der Waals surface area (Å²) in [5.74, 6) is 0. The van der Waals surface area contributed by atoms with E-state index < -0.39 is 0 Å². The average Bonchev–Trinajstić information content (AvgIpc) is 3.11. The summed E-state index contributed by atoms with van der Waals surface area (Å²) in [4.78, 5) is 1.35. The molecule has 0 fully saturated rings. The maximum Gasteiger partial charge on any atom is 0.0361 e. The topological polar surface area (TPSA) is 0 Å². The van der Waals surface area contributed by atoms with Crippen LogP contribution < -0.4 is 0 Å². The van der Waals surface area contributed by atoms with Crippen molar-refractivity contribution in [3.05, 3.63) is 84.4 Å². The summed E-state index contributed by atoms with van der Waals surface area (Å²) in [6.07, 6.45) is 0. The summed E-state index contributed by atoms with van der Waals surface area (Å²) in [6, 6.07) is 29.2. The number of hydrogen-bond acceptors (Lipinski definition) is 1. The zero-order valence-electron chi connectivity index (χ0n) is 14.4. The second-order valence-corrected chi connectivity index (χ2v) is 8.15. The highest BCUT2D eigenvalue weighted by Gasteiger charge is 2.14. The van der Waals surface area contributed by atoms with Crippen molar-refractivity contribution in [2.45, 2.75) is 6.92 Å². The van der Waals surface area contributed by atoms with Gasteiger partial charge in [-0.05, 0) is 67.9 Å². The Balaban J connectivity index is 1.78. The van der Waals surface area contributed by atoms with Gasteiger partial charge in [0.15, 0.2) is 0 Å². The molecule has 1 heteroatoms. The standard InChI is InChI=1S/C25H16S/c1-15-6-7-16-10-13-21-20(23-14-18-4-2-3-5-22(18)26-23)12-9-17-8-11-19(15)24(16)25(17)21/h2-14H,1H3. The van der Waals surface area contributed by atoms with Gasteiger partial charge in [0.2, 0.25) is 0 Å². The van der Waals surface area contributed by atoms with Crippen LogP contribution in [0.5, 0.6) is 0 Å². The van der Waals surface area contributed by atoms with Gasteiger partial charge in [-0.1, -0.05) is 66.7 Å². The number of thiophene rings is 1. The molecule has 0 bridgehead atoms. The molecule has 0 N–H and O–H groups in total. The van der Waals surface area contributed by atoms with Crippen molar-refractivity contribution in [1.29, 1.82) is 0 Å². The molecule has 0 unspecified atom stereocenters. The Morgan fingerprint density at radius 2 is 1.31 bits per heavy atom. The second kappa shape index (κ2) is 5.06. The molecule has 0 radical (unpaired) electrons. The molecule has 26 heavy (non-hydrogen) atoms. The van der Waals surface area contributed by atoms with Crippen LogP contribution in [0.3, 0.4) is 0 Å². The average molecular weight is 348 g/mol. The molecule has 0 spiro atoms. The van der Waals surface area contributed by atoms with Crippen LogP contribution in [-0.4, -0.2) is 0 Å². The van der Waals surface area contributed by atoms with Crippen LogP contribution in [0.25, 0.3) is 52.8 Å². The number of aryl methyl sites for hydroxylation is 1. The Morgan fingerprint density at radius 1 is 0.615 bits per heavy atom. The summed E-state index contributed by atoms with van der Waals surface area (Å²) in [6.45, 7) is 2.21.